The van der Waals surface area contributed by atoms with Gasteiger partial charge in [0.2, 0.25) is 0 Å². The molecule has 0 unspecified atom stereocenters. The second kappa shape index (κ2) is 10.5. The Morgan fingerprint density at radius 1 is 1.07 bits per heavy atom. The van der Waals surface area contributed by atoms with E-state index in [1.165, 1.54) is 5.57 Å². The van der Waals surface area contributed by atoms with Crippen LogP contribution in [0.4, 0.5) is 5.69 Å². The van der Waals surface area contributed by atoms with E-state index in [2.05, 4.69) is 35.5 Å². The van der Waals surface area contributed by atoms with Gasteiger partial charge < -0.3 is 24.4 Å². The molecule has 0 bridgehead atoms. The van der Waals surface area contributed by atoms with Crippen LogP contribution in [0.25, 0.3) is 6.08 Å². The summed E-state index contributed by atoms with van der Waals surface area (Å²) in [5.74, 6) is 1.42. The predicted octanol–water partition coefficient (Wildman–Crippen LogP) is 4.00. The fourth-order valence-electron chi connectivity index (χ4n) is 3.13. The highest BCUT2D eigenvalue weighted by molar-refractivity contribution is 5.93. The lowest BCUT2D eigenvalue weighted by Gasteiger charge is -2.20. The van der Waals surface area contributed by atoms with Crippen molar-refractivity contribution in [3.05, 3.63) is 65.8 Å². The molecule has 0 spiro atoms. The molecule has 0 saturated carbocycles. The van der Waals surface area contributed by atoms with Crippen LogP contribution in [-0.4, -0.2) is 51.8 Å². The molecule has 158 valence electrons. The highest BCUT2D eigenvalue weighted by Gasteiger charge is 2.11. The SMILES string of the molecule is COc1ccccc1NC(=O)COc1ccc(/C=C/C2=CCN(C)CC2)cc1OC. The molecule has 0 saturated heterocycles. The quantitative estimate of drug-likeness (QED) is 0.716. The zero-order valence-corrected chi connectivity index (χ0v) is 17.7. The number of carbonyl (C=O) groups is 1. The van der Waals surface area contributed by atoms with E-state index >= 15 is 0 Å². The second-order valence-electron chi connectivity index (χ2n) is 7.07. The Morgan fingerprint density at radius 3 is 2.60 bits per heavy atom. The Balaban J connectivity index is 1.60. The number of carbonyl (C=O) groups excluding carboxylic acids is 1. The number of para-hydroxylation sites is 2. The number of allylic oxidation sites excluding steroid dienone is 1. The summed E-state index contributed by atoms with van der Waals surface area (Å²) in [6, 6.07) is 12.9. The Morgan fingerprint density at radius 2 is 1.87 bits per heavy atom. The normalized spacial score (nSPS) is 14.3. The average Bonchev–Trinajstić information content (AvgIpc) is 2.78. The lowest BCUT2D eigenvalue weighted by atomic mass is 10.1. The third-order valence-electron chi connectivity index (χ3n) is 4.86. The topological polar surface area (TPSA) is 60.0 Å². The van der Waals surface area contributed by atoms with Crippen LogP contribution in [0.2, 0.25) is 0 Å². The van der Waals surface area contributed by atoms with Crippen LogP contribution >= 0.6 is 0 Å². The number of amides is 1. The van der Waals surface area contributed by atoms with Crippen LogP contribution in [0.5, 0.6) is 17.2 Å². The highest BCUT2D eigenvalue weighted by atomic mass is 16.5. The van der Waals surface area contributed by atoms with Crippen LogP contribution in [-0.2, 0) is 4.79 Å². The van der Waals surface area contributed by atoms with Gasteiger partial charge in [0.25, 0.3) is 5.91 Å². The molecule has 0 atom stereocenters. The number of nitrogens with zero attached hydrogens (tertiary/aromatic N) is 1. The molecule has 1 amide bonds. The zero-order chi connectivity index (χ0) is 21.3. The van der Waals surface area contributed by atoms with Crippen molar-refractivity contribution in [1.82, 2.24) is 4.90 Å². The molecule has 1 aliphatic rings. The third-order valence-corrected chi connectivity index (χ3v) is 4.86. The number of methoxy groups -OCH3 is 2. The lowest BCUT2D eigenvalue weighted by molar-refractivity contribution is -0.118. The van der Waals surface area contributed by atoms with E-state index in [1.807, 2.05) is 30.3 Å². The van der Waals surface area contributed by atoms with E-state index in [4.69, 9.17) is 14.2 Å². The molecule has 1 N–H and O–H groups in total. The first-order chi connectivity index (χ1) is 14.6. The molecule has 0 aromatic heterocycles. The van der Waals surface area contributed by atoms with Crippen LogP contribution in [0.15, 0.2) is 60.2 Å². The monoisotopic (exact) mass is 408 g/mol. The van der Waals surface area contributed by atoms with Gasteiger partial charge in [0.05, 0.1) is 19.9 Å². The van der Waals surface area contributed by atoms with E-state index in [-0.39, 0.29) is 12.5 Å². The van der Waals surface area contributed by atoms with E-state index in [0.717, 1.165) is 25.1 Å². The summed E-state index contributed by atoms with van der Waals surface area (Å²) in [5.41, 5.74) is 2.95. The van der Waals surface area contributed by atoms with Gasteiger partial charge in [0.1, 0.15) is 5.75 Å². The number of ether oxygens (including phenoxy) is 3. The van der Waals surface area contributed by atoms with Gasteiger partial charge in [0.15, 0.2) is 18.1 Å². The van der Waals surface area contributed by atoms with Crippen molar-refractivity contribution in [3.8, 4) is 17.2 Å². The van der Waals surface area contributed by atoms with E-state index in [9.17, 15) is 4.79 Å². The Bertz CT molecular complexity index is 937. The minimum absolute atomic E-state index is 0.135. The van der Waals surface area contributed by atoms with Crippen LogP contribution < -0.4 is 19.5 Å². The molecule has 0 radical (unpaired) electrons. The lowest BCUT2D eigenvalue weighted by Crippen LogP contribution is -2.23. The number of rotatable bonds is 8. The largest absolute Gasteiger partial charge is 0.495 e. The standard InChI is InChI=1S/C24H28N2O4/c1-26-14-12-18(13-15-26)8-9-19-10-11-22(23(16-19)29-3)30-17-24(27)25-20-6-4-5-7-21(20)28-2/h4-12,16H,13-15,17H2,1-3H3,(H,25,27)/b9-8+. The first kappa shape index (κ1) is 21.5. The summed E-state index contributed by atoms with van der Waals surface area (Å²) in [6.07, 6.45) is 7.50. The number of anilines is 1. The Kier molecular flexibility index (Phi) is 7.51. The van der Waals surface area contributed by atoms with E-state index in [0.29, 0.717) is 22.9 Å². The molecule has 0 fully saturated rings. The maximum atomic E-state index is 12.3. The van der Waals surface area contributed by atoms with Gasteiger partial charge in [-0.25, -0.2) is 0 Å². The molecule has 0 aliphatic carbocycles. The predicted molar refractivity (Wildman–Crippen MR) is 119 cm³/mol. The molecule has 30 heavy (non-hydrogen) atoms. The number of benzene rings is 2. The van der Waals surface area contributed by atoms with Gasteiger partial charge in [-0.3, -0.25) is 4.79 Å². The van der Waals surface area contributed by atoms with Gasteiger partial charge in [-0.15, -0.1) is 0 Å². The number of nitrogens with one attached hydrogen (secondary N) is 1. The molecule has 6 nitrogen and oxygen atoms in total. The van der Waals surface area contributed by atoms with Crippen molar-refractivity contribution in [3.63, 3.8) is 0 Å². The van der Waals surface area contributed by atoms with Crippen molar-refractivity contribution in [2.45, 2.75) is 6.42 Å². The fourth-order valence-corrected chi connectivity index (χ4v) is 3.13. The summed E-state index contributed by atoms with van der Waals surface area (Å²) in [4.78, 5) is 14.6. The zero-order valence-electron chi connectivity index (χ0n) is 17.7. The molecule has 6 heteroatoms. The average molecular weight is 408 g/mol. The first-order valence-electron chi connectivity index (χ1n) is 9.88. The Labute approximate surface area is 177 Å². The molecule has 1 heterocycles. The summed E-state index contributed by atoms with van der Waals surface area (Å²) < 4.78 is 16.4. The minimum atomic E-state index is -0.278. The summed E-state index contributed by atoms with van der Waals surface area (Å²) >= 11 is 0. The highest BCUT2D eigenvalue weighted by Crippen LogP contribution is 2.29. The number of hydrogen-bond acceptors (Lipinski definition) is 5. The van der Waals surface area contributed by atoms with E-state index in [1.54, 1.807) is 26.4 Å². The molecular weight excluding hydrogens is 380 g/mol. The van der Waals surface area contributed by atoms with Gasteiger partial charge in [-0.05, 0) is 48.9 Å². The third kappa shape index (κ3) is 5.87. The molecule has 3 rings (SSSR count). The summed E-state index contributed by atoms with van der Waals surface area (Å²) in [5, 5.41) is 2.79. The Hall–Kier alpha value is -3.25. The van der Waals surface area contributed by atoms with Crippen molar-refractivity contribution in [2.75, 3.05) is 46.3 Å². The van der Waals surface area contributed by atoms with Crippen molar-refractivity contribution in [2.24, 2.45) is 0 Å². The maximum absolute atomic E-state index is 12.3. The minimum Gasteiger partial charge on any atom is -0.495 e. The summed E-state index contributed by atoms with van der Waals surface area (Å²) in [7, 11) is 5.27. The van der Waals surface area contributed by atoms with Crippen molar-refractivity contribution in [1.29, 1.82) is 0 Å². The van der Waals surface area contributed by atoms with Gasteiger partial charge in [-0.2, -0.15) is 0 Å². The molecule has 1 aliphatic heterocycles. The fraction of sp³-hybridized carbons (Fsp3) is 0.292. The summed E-state index contributed by atoms with van der Waals surface area (Å²) in [6.45, 7) is 1.92. The van der Waals surface area contributed by atoms with Crippen LogP contribution in [0.3, 0.4) is 0 Å². The van der Waals surface area contributed by atoms with Crippen LogP contribution in [0.1, 0.15) is 12.0 Å². The van der Waals surface area contributed by atoms with Crippen LogP contribution in [0, 0.1) is 0 Å². The molecule has 2 aromatic carbocycles. The molecule has 2 aromatic rings. The maximum Gasteiger partial charge on any atom is 0.262 e. The van der Waals surface area contributed by atoms with E-state index < -0.39 is 0 Å². The smallest absolute Gasteiger partial charge is 0.262 e. The van der Waals surface area contributed by atoms with Crippen molar-refractivity contribution >= 4 is 17.7 Å². The van der Waals surface area contributed by atoms with Crippen molar-refractivity contribution < 1.29 is 19.0 Å². The first-order valence-corrected chi connectivity index (χ1v) is 9.88. The number of hydrogen-bond donors (Lipinski definition) is 1. The number of likely N-dealkylation sites (N-methyl/N-ethyl adjacent to an activating group) is 1. The second-order valence-corrected chi connectivity index (χ2v) is 7.07. The van der Waals surface area contributed by atoms with Gasteiger partial charge in [-0.1, -0.05) is 36.4 Å². The van der Waals surface area contributed by atoms with Gasteiger partial charge in [0, 0.05) is 13.1 Å². The van der Waals surface area contributed by atoms with Gasteiger partial charge >= 0.3 is 0 Å². The molecular formula is C24H28N2O4.